The molecule has 1 aromatic carbocycles. The molecule has 1 heterocycles. The largest absolute Gasteiger partial charge is 0.350 e. The number of amides is 4. The van der Waals surface area contributed by atoms with Crippen LogP contribution in [0.2, 0.25) is 0 Å². The van der Waals surface area contributed by atoms with Crippen LogP contribution in [0.25, 0.3) is 0 Å². The van der Waals surface area contributed by atoms with Crippen molar-refractivity contribution in [1.29, 1.82) is 0 Å². The Balaban J connectivity index is 1.65. The molecule has 1 saturated heterocycles. The highest BCUT2D eigenvalue weighted by Gasteiger charge is 2.56. The maximum atomic E-state index is 13.0. The number of carbonyl (C=O) groups is 3. The monoisotopic (exact) mass is 357 g/mol. The van der Waals surface area contributed by atoms with Crippen LogP contribution in [-0.2, 0) is 16.1 Å². The smallest absolute Gasteiger partial charge is 0.325 e. The molecule has 6 nitrogen and oxygen atoms in total. The Labute approximate surface area is 154 Å². The van der Waals surface area contributed by atoms with Crippen molar-refractivity contribution in [2.75, 3.05) is 6.54 Å². The van der Waals surface area contributed by atoms with Crippen LogP contribution < -0.4 is 10.6 Å². The molecule has 0 unspecified atom stereocenters. The molecule has 2 fully saturated rings. The van der Waals surface area contributed by atoms with E-state index in [9.17, 15) is 14.4 Å². The van der Waals surface area contributed by atoms with Gasteiger partial charge in [0, 0.05) is 6.54 Å². The first-order valence-electron chi connectivity index (χ1n) is 9.16. The molecule has 3 rings (SSSR count). The lowest BCUT2D eigenvalue weighted by Gasteiger charge is -2.43. The molecule has 2 N–H and O–H groups in total. The maximum absolute atomic E-state index is 13.0. The van der Waals surface area contributed by atoms with Gasteiger partial charge in [-0.25, -0.2) is 4.79 Å². The first-order chi connectivity index (χ1) is 12.2. The summed E-state index contributed by atoms with van der Waals surface area (Å²) in [6.07, 6.45) is 2.26. The highest BCUT2D eigenvalue weighted by Crippen LogP contribution is 2.46. The second-order valence-electron chi connectivity index (χ2n) is 8.52. The molecule has 1 saturated carbocycles. The van der Waals surface area contributed by atoms with E-state index in [1.54, 1.807) is 0 Å². The van der Waals surface area contributed by atoms with E-state index in [4.69, 9.17) is 0 Å². The first-order valence-corrected chi connectivity index (χ1v) is 9.16. The van der Waals surface area contributed by atoms with Crippen LogP contribution >= 0.6 is 0 Å². The van der Waals surface area contributed by atoms with Gasteiger partial charge >= 0.3 is 6.03 Å². The Kier molecular flexibility index (Phi) is 4.78. The molecule has 1 aliphatic heterocycles. The number of benzene rings is 1. The van der Waals surface area contributed by atoms with Gasteiger partial charge in [-0.15, -0.1) is 0 Å². The molecule has 2 atom stereocenters. The molecule has 1 spiro atoms. The minimum Gasteiger partial charge on any atom is -0.350 e. The lowest BCUT2D eigenvalue weighted by molar-refractivity contribution is -0.137. The zero-order chi connectivity index (χ0) is 18.9. The van der Waals surface area contributed by atoms with E-state index < -0.39 is 11.6 Å². The van der Waals surface area contributed by atoms with Gasteiger partial charge in [-0.1, -0.05) is 51.1 Å². The van der Waals surface area contributed by atoms with Crippen LogP contribution in [0.3, 0.4) is 0 Å². The van der Waals surface area contributed by atoms with E-state index >= 15 is 0 Å². The summed E-state index contributed by atoms with van der Waals surface area (Å²) in [5, 5.41) is 5.66. The quantitative estimate of drug-likeness (QED) is 0.813. The number of hydrogen-bond acceptors (Lipinski definition) is 3. The average molecular weight is 357 g/mol. The number of imide groups is 1. The van der Waals surface area contributed by atoms with Crippen LogP contribution in [0, 0.1) is 11.3 Å². The van der Waals surface area contributed by atoms with Crippen molar-refractivity contribution < 1.29 is 14.4 Å². The van der Waals surface area contributed by atoms with E-state index in [1.165, 1.54) is 0 Å². The number of carbonyl (C=O) groups excluding carboxylic acids is 3. The SMILES string of the molecule is C[C@H]1CC(C)(C)C[C@@]2(C1)NC(=O)N(CC(=O)NCc1ccccc1)C2=O. The van der Waals surface area contributed by atoms with Crippen molar-refractivity contribution in [3.05, 3.63) is 35.9 Å². The lowest BCUT2D eigenvalue weighted by atomic mass is 9.64. The van der Waals surface area contributed by atoms with Gasteiger partial charge in [-0.05, 0) is 36.2 Å². The first kappa shape index (κ1) is 18.4. The standard InChI is InChI=1S/C20H27N3O3/c1-14-9-19(2,3)13-20(10-14)17(25)23(18(26)22-20)12-16(24)21-11-15-7-5-4-6-8-15/h4-8,14H,9-13H2,1-3H3,(H,21,24)(H,22,26)/t14-,20+/m0/s1. The van der Waals surface area contributed by atoms with Gasteiger partial charge < -0.3 is 10.6 Å². The van der Waals surface area contributed by atoms with Gasteiger partial charge in [0.15, 0.2) is 0 Å². The fraction of sp³-hybridized carbons (Fsp3) is 0.550. The maximum Gasteiger partial charge on any atom is 0.325 e. The summed E-state index contributed by atoms with van der Waals surface area (Å²) in [6.45, 7) is 6.49. The van der Waals surface area contributed by atoms with Gasteiger partial charge in [0.1, 0.15) is 12.1 Å². The number of rotatable bonds is 4. The second kappa shape index (κ2) is 6.74. The predicted octanol–water partition coefficient (Wildman–Crippen LogP) is 2.44. The minimum atomic E-state index is -0.863. The van der Waals surface area contributed by atoms with Crippen LogP contribution in [0.15, 0.2) is 30.3 Å². The molecule has 1 aliphatic carbocycles. The van der Waals surface area contributed by atoms with E-state index in [0.29, 0.717) is 25.3 Å². The third-order valence-electron chi connectivity index (χ3n) is 5.26. The summed E-state index contributed by atoms with van der Waals surface area (Å²) < 4.78 is 0. The predicted molar refractivity (Wildman–Crippen MR) is 98.1 cm³/mol. The molecule has 0 bridgehead atoms. The normalized spacial score (nSPS) is 27.5. The van der Waals surface area contributed by atoms with Crippen molar-refractivity contribution in [3.8, 4) is 0 Å². The summed E-state index contributed by atoms with van der Waals surface area (Å²) in [7, 11) is 0. The van der Waals surface area contributed by atoms with Gasteiger partial charge in [-0.3, -0.25) is 14.5 Å². The average Bonchev–Trinajstić information content (AvgIpc) is 2.75. The minimum absolute atomic E-state index is 0.0216. The van der Waals surface area contributed by atoms with Crippen molar-refractivity contribution in [2.45, 2.75) is 52.1 Å². The Morgan fingerprint density at radius 1 is 1.23 bits per heavy atom. The topological polar surface area (TPSA) is 78.5 Å². The Hall–Kier alpha value is -2.37. The fourth-order valence-electron chi connectivity index (χ4n) is 4.65. The van der Waals surface area contributed by atoms with E-state index in [-0.39, 0.29) is 23.8 Å². The van der Waals surface area contributed by atoms with E-state index in [1.807, 2.05) is 30.3 Å². The Morgan fingerprint density at radius 3 is 2.58 bits per heavy atom. The number of nitrogens with zero attached hydrogens (tertiary/aromatic N) is 1. The van der Waals surface area contributed by atoms with Crippen molar-refractivity contribution in [1.82, 2.24) is 15.5 Å². The third kappa shape index (κ3) is 3.74. The summed E-state index contributed by atoms with van der Waals surface area (Å²) in [6, 6.07) is 9.06. The summed E-state index contributed by atoms with van der Waals surface area (Å²) >= 11 is 0. The van der Waals surface area contributed by atoms with E-state index in [0.717, 1.165) is 16.9 Å². The molecule has 0 radical (unpaired) electrons. The van der Waals surface area contributed by atoms with E-state index in [2.05, 4.69) is 31.4 Å². The third-order valence-corrected chi connectivity index (χ3v) is 5.26. The molecule has 2 aliphatic rings. The zero-order valence-electron chi connectivity index (χ0n) is 15.7. The van der Waals surface area contributed by atoms with Crippen LogP contribution in [0.1, 0.15) is 45.6 Å². The highest BCUT2D eigenvalue weighted by atomic mass is 16.2. The van der Waals surface area contributed by atoms with Crippen molar-refractivity contribution >= 4 is 17.8 Å². The molecule has 1 aromatic rings. The number of nitrogens with one attached hydrogen (secondary N) is 2. The zero-order valence-corrected chi connectivity index (χ0v) is 15.7. The van der Waals surface area contributed by atoms with Gasteiger partial charge in [0.25, 0.3) is 5.91 Å². The molecule has 4 amide bonds. The molecule has 0 aromatic heterocycles. The fourth-order valence-corrected chi connectivity index (χ4v) is 4.65. The molecule has 140 valence electrons. The van der Waals surface area contributed by atoms with Crippen molar-refractivity contribution in [3.63, 3.8) is 0 Å². The summed E-state index contributed by atoms with van der Waals surface area (Å²) in [4.78, 5) is 38.7. The lowest BCUT2D eigenvalue weighted by Crippen LogP contribution is -2.54. The van der Waals surface area contributed by atoms with Gasteiger partial charge in [0.05, 0.1) is 0 Å². The van der Waals surface area contributed by atoms with Gasteiger partial charge in [0.2, 0.25) is 5.91 Å². The van der Waals surface area contributed by atoms with Gasteiger partial charge in [-0.2, -0.15) is 0 Å². The number of urea groups is 1. The Bertz CT molecular complexity index is 716. The van der Waals surface area contributed by atoms with Crippen molar-refractivity contribution in [2.24, 2.45) is 11.3 Å². The Morgan fingerprint density at radius 2 is 1.92 bits per heavy atom. The molecular weight excluding hydrogens is 330 g/mol. The van der Waals surface area contributed by atoms with Crippen LogP contribution in [-0.4, -0.2) is 34.8 Å². The summed E-state index contributed by atoms with van der Waals surface area (Å²) in [5.74, 6) is -0.260. The second-order valence-corrected chi connectivity index (χ2v) is 8.52. The molecule has 26 heavy (non-hydrogen) atoms. The molecule has 6 heteroatoms. The van der Waals surface area contributed by atoms with Crippen LogP contribution in [0.5, 0.6) is 0 Å². The summed E-state index contributed by atoms with van der Waals surface area (Å²) in [5.41, 5.74) is 0.0850. The number of hydrogen-bond donors (Lipinski definition) is 2. The molecular formula is C20H27N3O3. The van der Waals surface area contributed by atoms with Crippen LogP contribution in [0.4, 0.5) is 4.79 Å². The highest BCUT2D eigenvalue weighted by molar-refractivity contribution is 6.09.